The minimum absolute atomic E-state index is 0.0631. The monoisotopic (exact) mass is 299 g/mol. The van der Waals surface area contributed by atoms with E-state index in [1.807, 2.05) is 0 Å². The van der Waals surface area contributed by atoms with Crippen LogP contribution in [0.5, 0.6) is 0 Å². The van der Waals surface area contributed by atoms with Crippen LogP contribution in [0.25, 0.3) is 0 Å². The van der Waals surface area contributed by atoms with Crippen LogP contribution < -0.4 is 5.32 Å². The van der Waals surface area contributed by atoms with E-state index in [1.165, 1.54) is 6.42 Å². The molecule has 1 nitrogen and oxygen atoms in total. The summed E-state index contributed by atoms with van der Waals surface area (Å²) in [5.74, 6) is -2.24. The van der Waals surface area contributed by atoms with Crippen LogP contribution in [0.3, 0.4) is 0 Å². The van der Waals surface area contributed by atoms with Gasteiger partial charge in [-0.2, -0.15) is 0 Å². The SMILES string of the molecule is CC(C)(C)C1CCCC(Nc2cc(F)c(F)cc2F)CC1. The maximum atomic E-state index is 13.7. The molecule has 0 spiro atoms. The Kier molecular flexibility index (Phi) is 4.84. The highest BCUT2D eigenvalue weighted by Gasteiger charge is 2.28. The van der Waals surface area contributed by atoms with E-state index in [9.17, 15) is 13.2 Å². The van der Waals surface area contributed by atoms with Crippen molar-refractivity contribution in [2.45, 2.75) is 58.9 Å². The molecule has 1 aliphatic carbocycles. The van der Waals surface area contributed by atoms with Gasteiger partial charge >= 0.3 is 0 Å². The van der Waals surface area contributed by atoms with E-state index in [1.54, 1.807) is 0 Å². The van der Waals surface area contributed by atoms with Gasteiger partial charge in [0.25, 0.3) is 0 Å². The highest BCUT2D eigenvalue weighted by Crippen LogP contribution is 2.37. The van der Waals surface area contributed by atoms with Crippen molar-refractivity contribution in [1.29, 1.82) is 0 Å². The molecule has 1 aliphatic rings. The van der Waals surface area contributed by atoms with Gasteiger partial charge in [-0.25, -0.2) is 13.2 Å². The van der Waals surface area contributed by atoms with Crippen LogP contribution in [0.2, 0.25) is 0 Å². The average molecular weight is 299 g/mol. The summed E-state index contributed by atoms with van der Waals surface area (Å²) in [5, 5.41) is 3.05. The summed E-state index contributed by atoms with van der Waals surface area (Å²) in [5.41, 5.74) is 0.343. The molecule has 2 unspecified atom stereocenters. The largest absolute Gasteiger partial charge is 0.380 e. The van der Waals surface area contributed by atoms with Crippen LogP contribution in [0.15, 0.2) is 12.1 Å². The van der Waals surface area contributed by atoms with Gasteiger partial charge in [0.1, 0.15) is 5.82 Å². The molecule has 0 amide bonds. The van der Waals surface area contributed by atoms with Crippen molar-refractivity contribution >= 4 is 5.69 Å². The second-order valence-electron chi connectivity index (χ2n) is 7.16. The number of nitrogens with one attached hydrogen (secondary N) is 1. The standard InChI is InChI=1S/C17H24F3N/c1-17(2,3)11-5-4-6-12(8-7-11)21-16-10-14(19)13(18)9-15(16)20/h9-12,21H,4-8H2,1-3H3. The highest BCUT2D eigenvalue weighted by atomic mass is 19.2. The number of benzene rings is 1. The van der Waals surface area contributed by atoms with Crippen molar-refractivity contribution in [2.24, 2.45) is 11.3 Å². The summed E-state index contributed by atoms with van der Waals surface area (Å²) in [7, 11) is 0. The lowest BCUT2D eigenvalue weighted by Crippen LogP contribution is -2.22. The quantitative estimate of drug-likeness (QED) is 0.561. The van der Waals surface area contributed by atoms with Crippen molar-refractivity contribution in [1.82, 2.24) is 0 Å². The van der Waals surface area contributed by atoms with Crippen molar-refractivity contribution in [2.75, 3.05) is 5.32 Å². The predicted octanol–water partition coefficient (Wildman–Crippen LogP) is 5.51. The third-order valence-corrected chi connectivity index (χ3v) is 4.56. The predicted molar refractivity (Wildman–Crippen MR) is 79.8 cm³/mol. The molecular weight excluding hydrogens is 275 g/mol. The molecule has 0 bridgehead atoms. The second kappa shape index (κ2) is 6.29. The fourth-order valence-electron chi connectivity index (χ4n) is 3.17. The maximum Gasteiger partial charge on any atom is 0.161 e. The Morgan fingerprint density at radius 3 is 2.24 bits per heavy atom. The third kappa shape index (κ3) is 4.14. The van der Waals surface area contributed by atoms with Crippen molar-refractivity contribution < 1.29 is 13.2 Å². The van der Waals surface area contributed by atoms with E-state index in [0.717, 1.165) is 31.7 Å². The molecule has 4 heteroatoms. The van der Waals surface area contributed by atoms with Gasteiger partial charge in [0.15, 0.2) is 11.6 Å². The molecule has 0 radical (unpaired) electrons. The number of halogens is 3. The number of hydrogen-bond donors (Lipinski definition) is 1. The molecule has 1 saturated carbocycles. The minimum Gasteiger partial charge on any atom is -0.380 e. The van der Waals surface area contributed by atoms with Gasteiger partial charge < -0.3 is 5.32 Å². The van der Waals surface area contributed by atoms with Gasteiger partial charge in [-0.3, -0.25) is 0 Å². The molecule has 1 fully saturated rings. The molecule has 1 aromatic carbocycles. The van der Waals surface area contributed by atoms with Gasteiger partial charge in [-0.1, -0.05) is 27.2 Å². The summed E-state index contributed by atoms with van der Waals surface area (Å²) >= 11 is 0. The van der Waals surface area contributed by atoms with E-state index < -0.39 is 17.5 Å². The Balaban J connectivity index is 2.03. The first-order valence-electron chi connectivity index (χ1n) is 7.68. The highest BCUT2D eigenvalue weighted by molar-refractivity contribution is 5.46. The average Bonchev–Trinajstić information content (AvgIpc) is 2.61. The molecule has 1 aromatic rings. The van der Waals surface area contributed by atoms with E-state index >= 15 is 0 Å². The van der Waals surface area contributed by atoms with Crippen LogP contribution in [0.1, 0.15) is 52.9 Å². The number of hydrogen-bond acceptors (Lipinski definition) is 1. The van der Waals surface area contributed by atoms with Crippen molar-refractivity contribution in [3.05, 3.63) is 29.6 Å². The summed E-state index contributed by atoms with van der Waals surface area (Å²) in [6, 6.07) is 1.64. The molecule has 0 saturated heterocycles. The molecule has 118 valence electrons. The fourth-order valence-corrected chi connectivity index (χ4v) is 3.17. The van der Waals surface area contributed by atoms with Crippen LogP contribution in [0, 0.1) is 28.8 Å². The summed E-state index contributed by atoms with van der Waals surface area (Å²) < 4.78 is 39.9. The van der Waals surface area contributed by atoms with Gasteiger partial charge in [0.05, 0.1) is 5.69 Å². The maximum absolute atomic E-state index is 13.7. The molecular formula is C17H24F3N. The van der Waals surface area contributed by atoms with Gasteiger partial charge in [0.2, 0.25) is 0 Å². The Bertz CT molecular complexity index is 494. The van der Waals surface area contributed by atoms with E-state index in [0.29, 0.717) is 12.0 Å². The van der Waals surface area contributed by atoms with Gasteiger partial charge in [-0.05, 0) is 37.0 Å². The van der Waals surface area contributed by atoms with Crippen molar-refractivity contribution in [3.8, 4) is 0 Å². The Labute approximate surface area is 124 Å². The summed E-state index contributed by atoms with van der Waals surface area (Å²) in [6.45, 7) is 6.75. The second-order valence-corrected chi connectivity index (χ2v) is 7.16. The molecule has 1 N–H and O–H groups in total. The Morgan fingerprint density at radius 2 is 1.57 bits per heavy atom. The Morgan fingerprint density at radius 1 is 0.905 bits per heavy atom. The first kappa shape index (κ1) is 16.2. The first-order valence-corrected chi connectivity index (χ1v) is 7.68. The van der Waals surface area contributed by atoms with Crippen molar-refractivity contribution in [3.63, 3.8) is 0 Å². The lowest BCUT2D eigenvalue weighted by Gasteiger charge is -2.29. The summed E-state index contributed by atoms with van der Waals surface area (Å²) in [6.07, 6.45) is 5.19. The van der Waals surface area contributed by atoms with Crippen LogP contribution in [-0.2, 0) is 0 Å². The number of rotatable bonds is 2. The zero-order chi connectivity index (χ0) is 15.6. The van der Waals surface area contributed by atoms with Gasteiger partial charge in [-0.15, -0.1) is 0 Å². The summed E-state index contributed by atoms with van der Waals surface area (Å²) in [4.78, 5) is 0. The van der Waals surface area contributed by atoms with E-state index in [4.69, 9.17) is 0 Å². The molecule has 2 rings (SSSR count). The fraction of sp³-hybridized carbons (Fsp3) is 0.647. The molecule has 0 aromatic heterocycles. The Hall–Kier alpha value is -1.19. The topological polar surface area (TPSA) is 12.0 Å². The zero-order valence-corrected chi connectivity index (χ0v) is 13.0. The van der Waals surface area contributed by atoms with Gasteiger partial charge in [0, 0.05) is 18.2 Å². The number of anilines is 1. The molecule has 0 aliphatic heterocycles. The molecule has 0 heterocycles. The molecule has 2 atom stereocenters. The van der Waals surface area contributed by atoms with Crippen LogP contribution >= 0.6 is 0 Å². The smallest absolute Gasteiger partial charge is 0.161 e. The zero-order valence-electron chi connectivity index (χ0n) is 13.0. The molecule has 21 heavy (non-hydrogen) atoms. The third-order valence-electron chi connectivity index (χ3n) is 4.56. The normalized spacial score (nSPS) is 23.7. The lowest BCUT2D eigenvalue weighted by atomic mass is 9.76. The first-order chi connectivity index (χ1) is 9.77. The van der Waals surface area contributed by atoms with E-state index in [-0.39, 0.29) is 17.1 Å². The minimum atomic E-state index is -1.15. The van der Waals surface area contributed by atoms with Crippen LogP contribution in [0.4, 0.5) is 18.9 Å². The lowest BCUT2D eigenvalue weighted by molar-refractivity contribution is 0.214. The van der Waals surface area contributed by atoms with E-state index in [2.05, 4.69) is 26.1 Å². The van der Waals surface area contributed by atoms with Crippen LogP contribution in [-0.4, -0.2) is 6.04 Å².